The average Bonchev–Trinajstić information content (AvgIpc) is 3.53. The van der Waals surface area contributed by atoms with Gasteiger partial charge < -0.3 is 15.3 Å². The summed E-state index contributed by atoms with van der Waals surface area (Å²) < 4.78 is 34.0. The molecule has 14 heteroatoms. The Morgan fingerprint density at radius 2 is 1.84 bits per heavy atom. The zero-order valence-corrected chi connectivity index (χ0v) is 31.8. The van der Waals surface area contributed by atoms with Crippen LogP contribution in [0.5, 0.6) is 0 Å². The molecule has 0 spiro atoms. The number of rotatable bonds is 13. The van der Waals surface area contributed by atoms with Gasteiger partial charge in [0.1, 0.15) is 11.2 Å². The van der Waals surface area contributed by atoms with E-state index >= 15 is 0 Å². The smallest absolute Gasteiger partial charge is 0.370 e. The topological polar surface area (TPSA) is 128 Å². The van der Waals surface area contributed by atoms with Gasteiger partial charge in [-0.15, -0.1) is 23.5 Å². The molecule has 0 radical (unpaired) electrons. The van der Waals surface area contributed by atoms with Gasteiger partial charge in [0.15, 0.2) is 0 Å². The summed E-state index contributed by atoms with van der Waals surface area (Å²) in [7, 11) is -4.08. The van der Waals surface area contributed by atoms with Crippen LogP contribution < -0.4 is 14.8 Å². The van der Waals surface area contributed by atoms with Crippen LogP contribution in [0.25, 0.3) is 16.3 Å². The molecule has 0 saturated heterocycles. The number of carbonyl (C=O) groups excluding carboxylic acids is 1. The minimum atomic E-state index is -4.08. The standard InChI is InChI=1S/C35H39N3O6S5/c1-35(2)19-23(7-5-8-32-38(22-34(40)41)28-12-10-25(45-3)17-29(28)47-32)15-24(20-35)16-33-37(21-31(39)36-13-6-14-49(42,43)44)27-11-9-26(46-4)18-30(27)48-33/h5,7-12,15-18H,6,13-14,19-22H2,1-4H3,(H2-,36,39,40,41,42,43,44)/p+1. The molecule has 1 aliphatic carbocycles. The Labute approximate surface area is 304 Å². The van der Waals surface area contributed by atoms with Crippen molar-refractivity contribution >= 4 is 90.6 Å². The monoisotopic (exact) mass is 758 g/mol. The van der Waals surface area contributed by atoms with Crippen molar-refractivity contribution in [1.82, 2.24) is 5.32 Å². The summed E-state index contributed by atoms with van der Waals surface area (Å²) in [6.07, 6.45) is 16.4. The van der Waals surface area contributed by atoms with Crippen molar-refractivity contribution in [3.8, 4) is 0 Å². The SMILES string of the molecule is CSc1ccc2c(c1)S/C(=C\C1=CC(=C/C=C/c3sc4cc(SC)ccc4[n+]3CC(=O)O)/CC(C)(C)C1)N2CC(=O)NCCCS(=O)(=O)O. The van der Waals surface area contributed by atoms with Gasteiger partial charge in [-0.1, -0.05) is 55.2 Å². The number of thiazole rings is 1. The maximum absolute atomic E-state index is 13.0. The second-order valence-corrected chi connectivity index (χ2v) is 18.0. The Bertz CT molecular complexity index is 2000. The quantitative estimate of drug-likeness (QED) is 0.0710. The van der Waals surface area contributed by atoms with Gasteiger partial charge in [0, 0.05) is 33.4 Å². The fourth-order valence-corrected chi connectivity index (χ4v) is 9.75. The van der Waals surface area contributed by atoms with Crippen LogP contribution in [0.15, 0.2) is 91.6 Å². The number of aliphatic carboxylic acids is 1. The number of carboxylic acids is 1. The highest BCUT2D eigenvalue weighted by Gasteiger charge is 2.30. The summed E-state index contributed by atoms with van der Waals surface area (Å²) in [5.74, 6) is -1.53. The Morgan fingerprint density at radius 3 is 2.55 bits per heavy atom. The molecule has 5 rings (SSSR count). The number of hydrogen-bond acceptors (Lipinski definition) is 9. The summed E-state index contributed by atoms with van der Waals surface area (Å²) in [5, 5.41) is 14.2. The fourth-order valence-electron chi connectivity index (χ4n) is 5.92. The summed E-state index contributed by atoms with van der Waals surface area (Å²) >= 11 is 6.52. The lowest BCUT2D eigenvalue weighted by atomic mass is 9.75. The molecule has 2 heterocycles. The van der Waals surface area contributed by atoms with E-state index in [1.165, 1.54) is 0 Å². The predicted octanol–water partition coefficient (Wildman–Crippen LogP) is 7.25. The number of nitrogens with one attached hydrogen (secondary N) is 1. The molecule has 49 heavy (non-hydrogen) atoms. The molecule has 1 aliphatic heterocycles. The molecule has 0 atom stereocenters. The minimum absolute atomic E-state index is 0.00669. The molecular formula is C35H40N3O6S5+. The predicted molar refractivity (Wildman–Crippen MR) is 203 cm³/mol. The minimum Gasteiger partial charge on any atom is -0.477 e. The van der Waals surface area contributed by atoms with Crippen LogP contribution in [-0.2, 0) is 26.3 Å². The van der Waals surface area contributed by atoms with E-state index in [1.807, 2.05) is 58.4 Å². The molecule has 0 saturated carbocycles. The van der Waals surface area contributed by atoms with Crippen LogP contribution in [-0.4, -0.2) is 61.3 Å². The first-order valence-electron chi connectivity index (χ1n) is 15.6. The third kappa shape index (κ3) is 10.0. The van der Waals surface area contributed by atoms with Crippen LogP contribution in [0.2, 0.25) is 0 Å². The highest BCUT2D eigenvalue weighted by atomic mass is 32.2. The number of allylic oxidation sites excluding steroid dienone is 6. The zero-order chi connectivity index (χ0) is 35.3. The largest absolute Gasteiger partial charge is 0.477 e. The van der Waals surface area contributed by atoms with Gasteiger partial charge in [0.05, 0.1) is 16.5 Å². The number of carbonyl (C=O) groups is 2. The molecule has 2 aromatic carbocycles. The van der Waals surface area contributed by atoms with Crippen molar-refractivity contribution in [3.63, 3.8) is 0 Å². The lowest BCUT2D eigenvalue weighted by Gasteiger charge is -2.31. The first-order chi connectivity index (χ1) is 23.2. The maximum Gasteiger partial charge on any atom is 0.370 e. The van der Waals surface area contributed by atoms with Crippen LogP contribution in [0.1, 0.15) is 38.1 Å². The molecule has 1 amide bonds. The Kier molecular flexibility index (Phi) is 12.1. The van der Waals surface area contributed by atoms with Gasteiger partial charge in [-0.25, -0.2) is 4.79 Å². The molecule has 0 fully saturated rings. The van der Waals surface area contributed by atoms with Crippen LogP contribution in [0.3, 0.4) is 0 Å². The van der Waals surface area contributed by atoms with E-state index in [-0.39, 0.29) is 37.4 Å². The maximum atomic E-state index is 13.0. The van der Waals surface area contributed by atoms with Crippen molar-refractivity contribution in [2.24, 2.45) is 5.41 Å². The highest BCUT2D eigenvalue weighted by Crippen LogP contribution is 2.48. The van der Waals surface area contributed by atoms with E-state index in [4.69, 9.17) is 4.55 Å². The van der Waals surface area contributed by atoms with Gasteiger partial charge in [-0.3, -0.25) is 9.35 Å². The lowest BCUT2D eigenvalue weighted by molar-refractivity contribution is -0.657. The second-order valence-electron chi connectivity index (χ2n) is 12.6. The fraction of sp³-hybridized carbons (Fsp3) is 0.343. The molecule has 260 valence electrons. The Balaban J connectivity index is 1.41. The van der Waals surface area contributed by atoms with Gasteiger partial charge in [0.25, 0.3) is 15.1 Å². The molecular weight excluding hydrogens is 719 g/mol. The first-order valence-corrected chi connectivity index (χ1v) is 21.3. The number of anilines is 1. The van der Waals surface area contributed by atoms with Crippen LogP contribution in [0, 0.1) is 5.41 Å². The second kappa shape index (κ2) is 15.9. The molecule has 9 nitrogen and oxygen atoms in total. The van der Waals surface area contributed by atoms with E-state index < -0.39 is 21.8 Å². The number of amides is 1. The number of aromatic nitrogens is 1. The first kappa shape index (κ1) is 37.3. The third-order valence-electron chi connectivity index (χ3n) is 7.97. The van der Waals surface area contributed by atoms with E-state index in [9.17, 15) is 23.1 Å². The Hall–Kier alpha value is -3.01. The molecule has 3 N–H and O–H groups in total. The summed E-state index contributed by atoms with van der Waals surface area (Å²) in [5.41, 5.74) is 4.14. The molecule has 2 aliphatic rings. The molecule has 0 bridgehead atoms. The van der Waals surface area contributed by atoms with E-state index in [0.717, 1.165) is 64.6 Å². The number of nitrogens with zero attached hydrogens (tertiary/aromatic N) is 2. The summed E-state index contributed by atoms with van der Waals surface area (Å²) in [6.45, 7) is 4.59. The van der Waals surface area contributed by atoms with Gasteiger partial charge >= 0.3 is 5.97 Å². The van der Waals surface area contributed by atoms with Crippen LogP contribution >= 0.6 is 46.6 Å². The third-order valence-corrected chi connectivity index (χ3v) is 12.4. The normalized spacial score (nSPS) is 17.7. The van der Waals surface area contributed by atoms with Crippen molar-refractivity contribution in [2.75, 3.05) is 36.3 Å². The zero-order valence-electron chi connectivity index (χ0n) is 27.8. The van der Waals surface area contributed by atoms with Crippen molar-refractivity contribution in [3.05, 3.63) is 81.9 Å². The van der Waals surface area contributed by atoms with Crippen molar-refractivity contribution in [2.45, 2.75) is 54.3 Å². The van der Waals surface area contributed by atoms with Gasteiger partial charge in [-0.2, -0.15) is 13.0 Å². The highest BCUT2D eigenvalue weighted by molar-refractivity contribution is 8.03. The number of thioether (sulfide) groups is 3. The summed E-state index contributed by atoms with van der Waals surface area (Å²) in [6, 6.07) is 12.3. The lowest BCUT2D eigenvalue weighted by Crippen LogP contribution is -2.39. The number of fused-ring (bicyclic) bond motifs is 2. The van der Waals surface area contributed by atoms with Gasteiger partial charge in [0.2, 0.25) is 18.0 Å². The van der Waals surface area contributed by atoms with Crippen molar-refractivity contribution in [1.29, 1.82) is 0 Å². The van der Waals surface area contributed by atoms with E-state index in [1.54, 1.807) is 46.6 Å². The van der Waals surface area contributed by atoms with Crippen LogP contribution in [0.4, 0.5) is 5.69 Å². The number of carboxylic acid groups (broad SMARTS) is 1. The number of hydrogen-bond donors (Lipinski definition) is 3. The van der Waals surface area contributed by atoms with E-state index in [0.29, 0.717) is 0 Å². The molecule has 3 aromatic rings. The van der Waals surface area contributed by atoms with Crippen molar-refractivity contribution < 1.29 is 32.2 Å². The number of benzene rings is 2. The van der Waals surface area contributed by atoms with Gasteiger partial charge in [-0.05, 0) is 84.7 Å². The average molecular weight is 759 g/mol. The Morgan fingerprint density at radius 1 is 1.10 bits per heavy atom. The van der Waals surface area contributed by atoms with E-state index in [2.05, 4.69) is 49.5 Å². The molecule has 0 unspecified atom stereocenters. The molecule has 1 aromatic heterocycles. The summed E-state index contributed by atoms with van der Waals surface area (Å²) in [4.78, 5) is 30.0.